The van der Waals surface area contributed by atoms with Crippen LogP contribution in [0.3, 0.4) is 0 Å². The molecule has 23 heavy (non-hydrogen) atoms. The van der Waals surface area contributed by atoms with Gasteiger partial charge >= 0.3 is 0 Å². The number of nitrogens with two attached hydrogens (primary N) is 1. The summed E-state index contributed by atoms with van der Waals surface area (Å²) in [4.78, 5) is 10.9. The molecule has 0 bridgehead atoms. The standard InChI is InChI=1S/C21H19NO.H2/c22-19(23)7-2-1-4-14-8-9-17-11-10-15-5-3-6-16-12-13-18(14)21(17)20(15)16;/h3,5-6,8-13H,1-2,4,7H2,(H2,22,23);1H. The van der Waals surface area contributed by atoms with Crippen molar-refractivity contribution >= 4 is 38.2 Å². The Labute approximate surface area is 136 Å². The number of rotatable bonds is 5. The van der Waals surface area contributed by atoms with Crippen LogP contribution in [0.5, 0.6) is 0 Å². The van der Waals surface area contributed by atoms with Crippen molar-refractivity contribution < 1.29 is 6.22 Å². The first-order valence-corrected chi connectivity index (χ1v) is 8.18. The SMILES string of the molecule is NC(=O)CCCCc1ccc2ccc3cccc4ccc1c2c34.[HH]. The van der Waals surface area contributed by atoms with Gasteiger partial charge in [0.05, 0.1) is 0 Å². The molecule has 0 heterocycles. The molecule has 1 amide bonds. The molecular formula is C21H21NO. The first-order chi connectivity index (χ1) is 11.2. The van der Waals surface area contributed by atoms with Gasteiger partial charge in [-0.05, 0) is 57.1 Å². The number of hydrogen-bond acceptors (Lipinski definition) is 1. The summed E-state index contributed by atoms with van der Waals surface area (Å²) in [6.07, 6.45) is 3.32. The Morgan fingerprint density at radius 3 is 2.22 bits per heavy atom. The zero-order valence-electron chi connectivity index (χ0n) is 13.0. The van der Waals surface area contributed by atoms with Crippen LogP contribution in [0.25, 0.3) is 32.3 Å². The second-order valence-electron chi connectivity index (χ2n) is 6.25. The van der Waals surface area contributed by atoms with Crippen LogP contribution in [-0.4, -0.2) is 5.91 Å². The van der Waals surface area contributed by atoms with Crippen molar-refractivity contribution in [1.29, 1.82) is 0 Å². The van der Waals surface area contributed by atoms with Crippen LogP contribution in [0.2, 0.25) is 0 Å². The van der Waals surface area contributed by atoms with Gasteiger partial charge in [-0.2, -0.15) is 0 Å². The van der Waals surface area contributed by atoms with Gasteiger partial charge in [-0.25, -0.2) is 0 Å². The summed E-state index contributed by atoms with van der Waals surface area (Å²) in [5.41, 5.74) is 6.58. The minimum Gasteiger partial charge on any atom is -0.370 e. The molecule has 0 saturated heterocycles. The Bertz CT molecular complexity index is 993. The number of unbranched alkanes of at least 4 members (excludes halogenated alkanes) is 1. The van der Waals surface area contributed by atoms with Gasteiger partial charge in [0.2, 0.25) is 5.91 Å². The van der Waals surface area contributed by atoms with Crippen molar-refractivity contribution in [2.45, 2.75) is 25.7 Å². The third kappa shape index (κ3) is 2.40. The summed E-state index contributed by atoms with van der Waals surface area (Å²) in [6.45, 7) is 0. The molecule has 0 aliphatic rings. The number of carbonyl (C=O) groups is 1. The molecule has 0 unspecified atom stereocenters. The molecule has 2 nitrogen and oxygen atoms in total. The molecule has 0 atom stereocenters. The summed E-state index contributed by atoms with van der Waals surface area (Å²) in [5, 5.41) is 7.96. The Morgan fingerprint density at radius 2 is 1.48 bits per heavy atom. The molecule has 2 N–H and O–H groups in total. The molecule has 0 fully saturated rings. The Kier molecular flexibility index (Phi) is 3.38. The maximum Gasteiger partial charge on any atom is 0.217 e. The maximum absolute atomic E-state index is 10.9. The lowest BCUT2D eigenvalue weighted by molar-refractivity contribution is -0.118. The normalized spacial score (nSPS) is 11.7. The van der Waals surface area contributed by atoms with Crippen LogP contribution in [0.1, 0.15) is 26.3 Å². The Hall–Kier alpha value is -2.61. The third-order valence-corrected chi connectivity index (χ3v) is 4.74. The number of hydrogen-bond donors (Lipinski definition) is 1. The van der Waals surface area contributed by atoms with E-state index in [1.165, 1.54) is 37.9 Å². The van der Waals surface area contributed by atoms with E-state index in [-0.39, 0.29) is 7.33 Å². The summed E-state index contributed by atoms with van der Waals surface area (Å²) in [7, 11) is 0. The average molecular weight is 303 g/mol. The molecule has 4 aromatic rings. The highest BCUT2D eigenvalue weighted by atomic mass is 16.1. The third-order valence-electron chi connectivity index (χ3n) is 4.74. The number of primary amides is 1. The second kappa shape index (κ2) is 5.54. The van der Waals surface area contributed by atoms with E-state index in [2.05, 4.69) is 54.6 Å². The largest absolute Gasteiger partial charge is 0.370 e. The first-order valence-electron chi connectivity index (χ1n) is 8.18. The van der Waals surface area contributed by atoms with Crippen molar-refractivity contribution in [1.82, 2.24) is 0 Å². The van der Waals surface area contributed by atoms with Gasteiger partial charge in [-0.1, -0.05) is 54.6 Å². The summed E-state index contributed by atoms with van der Waals surface area (Å²) in [5.74, 6) is -0.208. The van der Waals surface area contributed by atoms with Gasteiger partial charge in [0.15, 0.2) is 0 Å². The van der Waals surface area contributed by atoms with Crippen LogP contribution >= 0.6 is 0 Å². The molecule has 0 radical (unpaired) electrons. The van der Waals surface area contributed by atoms with Crippen LogP contribution in [-0.2, 0) is 11.2 Å². The molecular weight excluding hydrogens is 282 g/mol. The van der Waals surface area contributed by atoms with Gasteiger partial charge in [0, 0.05) is 7.85 Å². The molecule has 4 rings (SSSR count). The highest BCUT2D eigenvalue weighted by molar-refractivity contribution is 6.23. The highest BCUT2D eigenvalue weighted by Crippen LogP contribution is 2.36. The van der Waals surface area contributed by atoms with E-state index in [9.17, 15) is 4.79 Å². The van der Waals surface area contributed by atoms with Gasteiger partial charge in [-0.3, -0.25) is 4.79 Å². The minimum absolute atomic E-state index is 0. The number of aryl methyl sites for hydroxylation is 1. The fourth-order valence-corrected chi connectivity index (χ4v) is 3.63. The van der Waals surface area contributed by atoms with Crippen molar-refractivity contribution in [3.05, 3.63) is 60.2 Å². The van der Waals surface area contributed by atoms with E-state index in [0.29, 0.717) is 6.42 Å². The Morgan fingerprint density at radius 1 is 0.826 bits per heavy atom. The second-order valence-corrected chi connectivity index (χ2v) is 6.25. The number of benzene rings is 4. The highest BCUT2D eigenvalue weighted by Gasteiger charge is 2.10. The molecule has 0 saturated carbocycles. The minimum atomic E-state index is -0.208. The van der Waals surface area contributed by atoms with Crippen molar-refractivity contribution in [3.8, 4) is 0 Å². The van der Waals surface area contributed by atoms with Gasteiger partial charge in [0.25, 0.3) is 0 Å². The van der Waals surface area contributed by atoms with E-state index in [1.807, 2.05) is 0 Å². The van der Waals surface area contributed by atoms with Crippen LogP contribution < -0.4 is 5.73 Å². The van der Waals surface area contributed by atoms with Crippen LogP contribution in [0, 0.1) is 0 Å². The first kappa shape index (κ1) is 14.0. The monoisotopic (exact) mass is 303 g/mol. The van der Waals surface area contributed by atoms with Crippen molar-refractivity contribution in [2.75, 3.05) is 0 Å². The molecule has 0 aliphatic heterocycles. The predicted molar refractivity (Wildman–Crippen MR) is 99.0 cm³/mol. The summed E-state index contributed by atoms with van der Waals surface area (Å²) in [6, 6.07) is 19.8. The topological polar surface area (TPSA) is 43.1 Å². The smallest absolute Gasteiger partial charge is 0.217 e. The van der Waals surface area contributed by atoms with E-state index in [1.54, 1.807) is 0 Å². The maximum atomic E-state index is 10.9. The average Bonchev–Trinajstić information content (AvgIpc) is 2.57. The number of amides is 1. The molecule has 116 valence electrons. The molecule has 0 spiro atoms. The zero-order valence-corrected chi connectivity index (χ0v) is 13.0. The quantitative estimate of drug-likeness (QED) is 0.408. The van der Waals surface area contributed by atoms with E-state index >= 15 is 0 Å². The fraction of sp³-hybridized carbons (Fsp3) is 0.190. The Balaban J connectivity index is 0.00000169. The van der Waals surface area contributed by atoms with E-state index in [0.717, 1.165) is 19.3 Å². The lowest BCUT2D eigenvalue weighted by Gasteiger charge is -2.13. The van der Waals surface area contributed by atoms with Crippen LogP contribution in [0.15, 0.2) is 54.6 Å². The van der Waals surface area contributed by atoms with Gasteiger partial charge < -0.3 is 5.73 Å². The zero-order chi connectivity index (χ0) is 15.8. The predicted octanol–water partition coefficient (Wildman–Crippen LogP) is 5.03. The van der Waals surface area contributed by atoms with E-state index < -0.39 is 0 Å². The van der Waals surface area contributed by atoms with Crippen molar-refractivity contribution in [2.24, 2.45) is 5.73 Å². The molecule has 0 aromatic heterocycles. The van der Waals surface area contributed by atoms with Crippen molar-refractivity contribution in [3.63, 3.8) is 0 Å². The summed E-state index contributed by atoms with van der Waals surface area (Å²) < 4.78 is 0. The lowest BCUT2D eigenvalue weighted by Crippen LogP contribution is -2.09. The molecule has 4 aromatic carbocycles. The number of carbonyl (C=O) groups excluding carboxylic acids is 1. The van der Waals surface area contributed by atoms with Gasteiger partial charge in [-0.15, -0.1) is 0 Å². The lowest BCUT2D eigenvalue weighted by atomic mass is 9.90. The fourth-order valence-electron chi connectivity index (χ4n) is 3.63. The van der Waals surface area contributed by atoms with Crippen LogP contribution in [0.4, 0.5) is 0 Å². The van der Waals surface area contributed by atoms with E-state index in [4.69, 9.17) is 5.73 Å². The van der Waals surface area contributed by atoms with Gasteiger partial charge in [0.1, 0.15) is 0 Å². The molecule has 0 aliphatic carbocycles. The summed E-state index contributed by atoms with van der Waals surface area (Å²) >= 11 is 0. The molecule has 2 heteroatoms.